The van der Waals surface area contributed by atoms with Crippen molar-refractivity contribution in [2.24, 2.45) is 0 Å². The van der Waals surface area contributed by atoms with Gasteiger partial charge in [0.25, 0.3) is 0 Å². The summed E-state index contributed by atoms with van der Waals surface area (Å²) in [5.74, 6) is 1.55. The lowest BCUT2D eigenvalue weighted by molar-refractivity contribution is 0.413. The van der Waals surface area contributed by atoms with Gasteiger partial charge in [0.1, 0.15) is 11.5 Å². The Kier molecular flexibility index (Phi) is 4.41. The highest BCUT2D eigenvalue weighted by Gasteiger charge is 2.08. The second-order valence-corrected chi connectivity index (χ2v) is 6.70. The molecule has 130 valence electrons. The van der Waals surface area contributed by atoms with Gasteiger partial charge in [-0.15, -0.1) is 0 Å². The van der Waals surface area contributed by atoms with E-state index in [-0.39, 0.29) is 0 Å². The first-order chi connectivity index (χ1) is 12.7. The zero-order chi connectivity index (χ0) is 17.9. The Morgan fingerprint density at radius 2 is 1.77 bits per heavy atom. The standard InChI is InChI=1S/C20H17N3O2S/c1-24-16-5-3-4-15(10-16)22-20-23-18-7-6-13(9-19(18)26-20)14-8-17(25-2)12-21-11-14/h3-12H,1-2H3,(H,22,23). The Balaban J connectivity index is 1.65. The summed E-state index contributed by atoms with van der Waals surface area (Å²) in [6.07, 6.45) is 3.53. The molecule has 26 heavy (non-hydrogen) atoms. The smallest absolute Gasteiger partial charge is 0.188 e. The van der Waals surface area contributed by atoms with E-state index >= 15 is 0 Å². The normalized spacial score (nSPS) is 10.7. The van der Waals surface area contributed by atoms with Gasteiger partial charge in [-0.25, -0.2) is 4.98 Å². The van der Waals surface area contributed by atoms with E-state index < -0.39 is 0 Å². The number of fused-ring (bicyclic) bond motifs is 1. The van der Waals surface area contributed by atoms with E-state index in [0.717, 1.165) is 43.7 Å². The van der Waals surface area contributed by atoms with Crippen LogP contribution in [0.1, 0.15) is 0 Å². The minimum absolute atomic E-state index is 0.743. The first kappa shape index (κ1) is 16.4. The van der Waals surface area contributed by atoms with Crippen molar-refractivity contribution < 1.29 is 9.47 Å². The number of rotatable bonds is 5. The fourth-order valence-electron chi connectivity index (χ4n) is 2.67. The van der Waals surface area contributed by atoms with Gasteiger partial charge in [0, 0.05) is 23.5 Å². The molecule has 0 fully saturated rings. The van der Waals surface area contributed by atoms with Crippen LogP contribution in [0.15, 0.2) is 60.9 Å². The van der Waals surface area contributed by atoms with Crippen LogP contribution in [0.2, 0.25) is 0 Å². The minimum Gasteiger partial charge on any atom is -0.497 e. The number of pyridine rings is 1. The molecule has 0 spiro atoms. The van der Waals surface area contributed by atoms with Crippen molar-refractivity contribution in [2.75, 3.05) is 19.5 Å². The molecule has 0 aliphatic heterocycles. The maximum atomic E-state index is 5.26. The predicted molar refractivity (Wildman–Crippen MR) is 106 cm³/mol. The van der Waals surface area contributed by atoms with Crippen molar-refractivity contribution in [3.05, 3.63) is 60.9 Å². The molecule has 0 bridgehead atoms. The molecule has 4 rings (SSSR count). The summed E-state index contributed by atoms with van der Waals surface area (Å²) >= 11 is 1.61. The van der Waals surface area contributed by atoms with E-state index in [1.165, 1.54) is 0 Å². The molecule has 5 nitrogen and oxygen atoms in total. The first-order valence-corrected chi connectivity index (χ1v) is 8.88. The molecule has 4 aromatic rings. The molecular weight excluding hydrogens is 346 g/mol. The van der Waals surface area contributed by atoms with Crippen LogP contribution in [-0.4, -0.2) is 24.2 Å². The van der Waals surface area contributed by atoms with Crippen LogP contribution in [0.3, 0.4) is 0 Å². The van der Waals surface area contributed by atoms with Gasteiger partial charge >= 0.3 is 0 Å². The second-order valence-electron chi connectivity index (χ2n) is 5.67. The molecule has 0 unspecified atom stereocenters. The lowest BCUT2D eigenvalue weighted by Gasteiger charge is -2.04. The molecule has 0 saturated heterocycles. The fraction of sp³-hybridized carbons (Fsp3) is 0.100. The summed E-state index contributed by atoms with van der Waals surface area (Å²) in [4.78, 5) is 8.89. The maximum absolute atomic E-state index is 5.26. The number of methoxy groups -OCH3 is 2. The number of benzene rings is 2. The zero-order valence-electron chi connectivity index (χ0n) is 14.4. The molecule has 2 heterocycles. The average Bonchev–Trinajstić information content (AvgIpc) is 3.09. The largest absolute Gasteiger partial charge is 0.497 e. The van der Waals surface area contributed by atoms with E-state index in [2.05, 4.69) is 21.4 Å². The number of nitrogens with one attached hydrogen (secondary N) is 1. The summed E-state index contributed by atoms with van der Waals surface area (Å²) in [5, 5.41) is 4.18. The van der Waals surface area contributed by atoms with Gasteiger partial charge in [-0.3, -0.25) is 4.98 Å². The van der Waals surface area contributed by atoms with Gasteiger partial charge < -0.3 is 14.8 Å². The number of thiazole rings is 1. The van der Waals surface area contributed by atoms with E-state index in [4.69, 9.17) is 9.47 Å². The molecular formula is C20H17N3O2S. The predicted octanol–water partition coefficient (Wildman–Crippen LogP) is 5.12. The van der Waals surface area contributed by atoms with E-state index in [1.54, 1.807) is 31.8 Å². The van der Waals surface area contributed by atoms with Crippen LogP contribution < -0.4 is 14.8 Å². The Morgan fingerprint density at radius 3 is 2.62 bits per heavy atom. The van der Waals surface area contributed by atoms with Crippen LogP contribution >= 0.6 is 11.3 Å². The van der Waals surface area contributed by atoms with Crippen molar-refractivity contribution in [3.8, 4) is 22.6 Å². The molecule has 0 radical (unpaired) electrons. The van der Waals surface area contributed by atoms with Crippen molar-refractivity contribution in [3.63, 3.8) is 0 Å². The van der Waals surface area contributed by atoms with Gasteiger partial charge in [-0.2, -0.15) is 0 Å². The fourth-order valence-corrected chi connectivity index (χ4v) is 3.60. The third-order valence-corrected chi connectivity index (χ3v) is 4.93. The van der Waals surface area contributed by atoms with Crippen LogP contribution in [0.4, 0.5) is 10.8 Å². The molecule has 0 saturated carbocycles. The molecule has 0 atom stereocenters. The van der Waals surface area contributed by atoms with Crippen molar-refractivity contribution in [1.82, 2.24) is 9.97 Å². The summed E-state index contributed by atoms with van der Waals surface area (Å²) < 4.78 is 11.6. The Morgan fingerprint density at radius 1 is 0.885 bits per heavy atom. The number of anilines is 2. The number of hydrogen-bond acceptors (Lipinski definition) is 6. The van der Waals surface area contributed by atoms with E-state index in [9.17, 15) is 0 Å². The summed E-state index contributed by atoms with van der Waals surface area (Å²) in [7, 11) is 3.30. The number of ether oxygens (including phenoxy) is 2. The van der Waals surface area contributed by atoms with Crippen LogP contribution in [0.25, 0.3) is 21.3 Å². The highest BCUT2D eigenvalue weighted by Crippen LogP contribution is 2.33. The average molecular weight is 363 g/mol. The molecule has 0 amide bonds. The van der Waals surface area contributed by atoms with Gasteiger partial charge in [-0.1, -0.05) is 23.5 Å². The maximum Gasteiger partial charge on any atom is 0.188 e. The van der Waals surface area contributed by atoms with Crippen LogP contribution in [0, 0.1) is 0 Å². The Labute approximate surface area is 155 Å². The van der Waals surface area contributed by atoms with E-state index in [0.29, 0.717) is 0 Å². The van der Waals surface area contributed by atoms with Gasteiger partial charge in [-0.05, 0) is 35.9 Å². The lowest BCUT2D eigenvalue weighted by atomic mass is 10.1. The van der Waals surface area contributed by atoms with Crippen LogP contribution in [-0.2, 0) is 0 Å². The van der Waals surface area contributed by atoms with Crippen molar-refractivity contribution in [2.45, 2.75) is 0 Å². The van der Waals surface area contributed by atoms with E-state index in [1.807, 2.05) is 48.7 Å². The third-order valence-electron chi connectivity index (χ3n) is 3.99. The quantitative estimate of drug-likeness (QED) is 0.533. The Bertz CT molecular complexity index is 1060. The number of hydrogen-bond donors (Lipinski definition) is 1. The molecule has 2 aromatic carbocycles. The molecule has 0 aliphatic carbocycles. The van der Waals surface area contributed by atoms with Gasteiger partial charge in [0.2, 0.25) is 0 Å². The zero-order valence-corrected chi connectivity index (χ0v) is 15.2. The monoisotopic (exact) mass is 363 g/mol. The van der Waals surface area contributed by atoms with Crippen LogP contribution in [0.5, 0.6) is 11.5 Å². The highest BCUT2D eigenvalue weighted by molar-refractivity contribution is 7.22. The van der Waals surface area contributed by atoms with Gasteiger partial charge in [0.05, 0.1) is 30.6 Å². The third kappa shape index (κ3) is 3.32. The lowest BCUT2D eigenvalue weighted by Crippen LogP contribution is -1.90. The highest BCUT2D eigenvalue weighted by atomic mass is 32.1. The van der Waals surface area contributed by atoms with Crippen molar-refractivity contribution in [1.29, 1.82) is 0 Å². The summed E-state index contributed by atoms with van der Waals surface area (Å²) in [6.45, 7) is 0. The number of nitrogens with zero attached hydrogens (tertiary/aromatic N) is 2. The molecule has 0 aliphatic rings. The topological polar surface area (TPSA) is 56.3 Å². The summed E-state index contributed by atoms with van der Waals surface area (Å²) in [5.41, 5.74) is 4.00. The van der Waals surface area contributed by atoms with Crippen molar-refractivity contribution >= 4 is 32.4 Å². The second kappa shape index (κ2) is 7.01. The SMILES string of the molecule is COc1cccc(Nc2nc3ccc(-c4cncc(OC)c4)cc3s2)c1. The number of aromatic nitrogens is 2. The molecule has 1 N–H and O–H groups in total. The minimum atomic E-state index is 0.743. The summed E-state index contributed by atoms with van der Waals surface area (Å²) in [6, 6.07) is 16.0. The molecule has 2 aromatic heterocycles. The Hall–Kier alpha value is -3.12. The van der Waals surface area contributed by atoms with Gasteiger partial charge in [0.15, 0.2) is 5.13 Å². The molecule has 6 heteroatoms. The first-order valence-electron chi connectivity index (χ1n) is 8.06.